The second-order valence-corrected chi connectivity index (χ2v) is 5.75. The zero-order valence-corrected chi connectivity index (χ0v) is 11.7. The largest absolute Gasteiger partial charge is 0.331 e. The number of benzene rings is 1. The molecule has 0 spiro atoms. The molecule has 4 heteroatoms. The van der Waals surface area contributed by atoms with Crippen LogP contribution in [0.25, 0.3) is 0 Å². The van der Waals surface area contributed by atoms with E-state index in [1.54, 1.807) is 11.8 Å². The number of nitrogens with one attached hydrogen (secondary N) is 2. The van der Waals surface area contributed by atoms with Crippen molar-refractivity contribution in [2.75, 3.05) is 0 Å². The molecule has 18 heavy (non-hydrogen) atoms. The Morgan fingerprint density at radius 2 is 2.00 bits per heavy atom. The van der Waals surface area contributed by atoms with Crippen molar-refractivity contribution in [1.82, 2.24) is 10.6 Å². The minimum atomic E-state index is 0.0236. The molecule has 0 aromatic heterocycles. The van der Waals surface area contributed by atoms with Crippen LogP contribution in [0.2, 0.25) is 0 Å². The Morgan fingerprint density at radius 3 is 2.61 bits per heavy atom. The molecule has 1 fully saturated rings. The Morgan fingerprint density at radius 1 is 1.28 bits per heavy atom. The van der Waals surface area contributed by atoms with Crippen LogP contribution in [0.1, 0.15) is 25.8 Å². The van der Waals surface area contributed by atoms with E-state index in [9.17, 15) is 4.79 Å². The van der Waals surface area contributed by atoms with E-state index in [1.165, 1.54) is 5.56 Å². The van der Waals surface area contributed by atoms with Crippen molar-refractivity contribution in [3.63, 3.8) is 0 Å². The first-order valence-electron chi connectivity index (χ1n) is 6.42. The highest BCUT2D eigenvalue weighted by Crippen LogP contribution is 2.21. The van der Waals surface area contributed by atoms with Gasteiger partial charge in [-0.15, -0.1) is 11.8 Å². The molecule has 1 aromatic rings. The molecular weight excluding hydrogens is 244 g/mol. The fourth-order valence-corrected chi connectivity index (χ4v) is 3.30. The number of amides is 1. The minimum Gasteiger partial charge on any atom is -0.331 e. The highest BCUT2D eigenvalue weighted by atomic mass is 32.2. The van der Waals surface area contributed by atoms with Crippen molar-refractivity contribution < 1.29 is 4.79 Å². The molecule has 0 aliphatic carbocycles. The second-order valence-electron chi connectivity index (χ2n) is 4.66. The molecule has 2 N–H and O–H groups in total. The van der Waals surface area contributed by atoms with Gasteiger partial charge in [0.25, 0.3) is 0 Å². The maximum absolute atomic E-state index is 11.9. The standard InChI is InChI=1S/C14H20N2OS/c1-3-12-10(2)15-14(16-13(12)17)18-9-11-7-5-4-6-8-11/h4-8,10,12,14-15H,3,9H2,1-2H3,(H,16,17). The molecule has 0 saturated carbocycles. The van der Waals surface area contributed by atoms with Crippen molar-refractivity contribution in [3.8, 4) is 0 Å². The summed E-state index contributed by atoms with van der Waals surface area (Å²) in [7, 11) is 0. The van der Waals surface area contributed by atoms with E-state index in [-0.39, 0.29) is 23.4 Å². The summed E-state index contributed by atoms with van der Waals surface area (Å²) in [6.07, 6.45) is 0.885. The maximum Gasteiger partial charge on any atom is 0.226 e. The zero-order chi connectivity index (χ0) is 13.0. The van der Waals surface area contributed by atoms with Gasteiger partial charge in [0.2, 0.25) is 5.91 Å². The van der Waals surface area contributed by atoms with Crippen molar-refractivity contribution in [2.45, 2.75) is 37.6 Å². The quantitative estimate of drug-likeness (QED) is 0.877. The molecule has 1 saturated heterocycles. The topological polar surface area (TPSA) is 41.1 Å². The van der Waals surface area contributed by atoms with Gasteiger partial charge in [0.05, 0.1) is 5.92 Å². The summed E-state index contributed by atoms with van der Waals surface area (Å²) >= 11 is 1.73. The summed E-state index contributed by atoms with van der Waals surface area (Å²) in [4.78, 5) is 11.9. The summed E-state index contributed by atoms with van der Waals surface area (Å²) in [6.45, 7) is 4.14. The van der Waals surface area contributed by atoms with Crippen molar-refractivity contribution in [2.24, 2.45) is 5.92 Å². The minimum absolute atomic E-state index is 0.0236. The summed E-state index contributed by atoms with van der Waals surface area (Å²) in [5.74, 6) is 1.18. The van der Waals surface area contributed by atoms with E-state index >= 15 is 0 Å². The summed E-state index contributed by atoms with van der Waals surface area (Å²) in [5, 5.41) is 6.48. The molecule has 0 bridgehead atoms. The number of hydrogen-bond donors (Lipinski definition) is 2. The molecule has 1 heterocycles. The Kier molecular flexibility index (Phi) is 4.66. The first-order chi connectivity index (χ1) is 8.70. The van der Waals surface area contributed by atoms with E-state index in [4.69, 9.17) is 0 Å². The zero-order valence-electron chi connectivity index (χ0n) is 10.8. The Balaban J connectivity index is 1.86. The predicted octanol–water partition coefficient (Wildman–Crippen LogP) is 2.34. The SMILES string of the molecule is CCC1C(=O)NC(SCc2ccccc2)NC1C. The van der Waals surface area contributed by atoms with Crippen LogP contribution in [-0.4, -0.2) is 17.4 Å². The first kappa shape index (κ1) is 13.4. The van der Waals surface area contributed by atoms with Gasteiger partial charge in [-0.3, -0.25) is 10.1 Å². The average molecular weight is 264 g/mol. The van der Waals surface area contributed by atoms with E-state index < -0.39 is 0 Å². The molecule has 1 aromatic carbocycles. The lowest BCUT2D eigenvalue weighted by Crippen LogP contribution is -2.58. The molecule has 3 atom stereocenters. The molecule has 3 nitrogen and oxygen atoms in total. The van der Waals surface area contributed by atoms with Gasteiger partial charge in [-0.1, -0.05) is 37.3 Å². The third kappa shape index (κ3) is 3.27. The van der Waals surface area contributed by atoms with Gasteiger partial charge < -0.3 is 5.32 Å². The normalized spacial score (nSPS) is 27.9. The Hall–Kier alpha value is -1.00. The average Bonchev–Trinajstić information content (AvgIpc) is 2.37. The number of carbonyl (C=O) groups excluding carboxylic acids is 1. The molecule has 3 unspecified atom stereocenters. The van der Waals surface area contributed by atoms with Crippen LogP contribution in [0.5, 0.6) is 0 Å². The van der Waals surface area contributed by atoms with Gasteiger partial charge in [-0.25, -0.2) is 0 Å². The lowest BCUT2D eigenvalue weighted by atomic mass is 9.96. The summed E-state index contributed by atoms with van der Waals surface area (Å²) in [5.41, 5.74) is 1.30. The van der Waals surface area contributed by atoms with E-state index in [2.05, 4.69) is 36.6 Å². The van der Waals surface area contributed by atoms with Gasteiger partial charge in [0.1, 0.15) is 5.50 Å². The van der Waals surface area contributed by atoms with Crippen molar-refractivity contribution in [3.05, 3.63) is 35.9 Å². The van der Waals surface area contributed by atoms with Crippen LogP contribution in [0, 0.1) is 5.92 Å². The molecule has 98 valence electrons. The molecule has 1 aliphatic heterocycles. The van der Waals surface area contributed by atoms with E-state index in [1.807, 2.05) is 18.2 Å². The van der Waals surface area contributed by atoms with E-state index in [0.717, 1.165) is 12.2 Å². The third-order valence-electron chi connectivity index (χ3n) is 3.33. The first-order valence-corrected chi connectivity index (χ1v) is 7.47. The van der Waals surface area contributed by atoms with Gasteiger partial charge >= 0.3 is 0 Å². The fourth-order valence-electron chi connectivity index (χ4n) is 2.24. The molecular formula is C14H20N2OS. The number of thioether (sulfide) groups is 1. The van der Waals surface area contributed by atoms with Crippen LogP contribution >= 0.6 is 11.8 Å². The molecule has 0 radical (unpaired) electrons. The molecule has 1 amide bonds. The predicted molar refractivity (Wildman–Crippen MR) is 76.0 cm³/mol. The van der Waals surface area contributed by atoms with Crippen LogP contribution in [-0.2, 0) is 10.5 Å². The van der Waals surface area contributed by atoms with E-state index in [0.29, 0.717) is 0 Å². The number of hydrogen-bond acceptors (Lipinski definition) is 3. The fraction of sp³-hybridized carbons (Fsp3) is 0.500. The van der Waals surface area contributed by atoms with Crippen LogP contribution in [0.4, 0.5) is 0 Å². The third-order valence-corrected chi connectivity index (χ3v) is 4.41. The van der Waals surface area contributed by atoms with Crippen LogP contribution in [0.3, 0.4) is 0 Å². The van der Waals surface area contributed by atoms with Crippen molar-refractivity contribution in [1.29, 1.82) is 0 Å². The Bertz CT molecular complexity index is 396. The highest BCUT2D eigenvalue weighted by Gasteiger charge is 2.31. The summed E-state index contributed by atoms with van der Waals surface area (Å²) in [6, 6.07) is 10.6. The second kappa shape index (κ2) is 6.25. The monoisotopic (exact) mass is 264 g/mol. The number of rotatable bonds is 4. The van der Waals surface area contributed by atoms with Gasteiger partial charge in [-0.05, 0) is 18.9 Å². The number of carbonyl (C=O) groups is 1. The maximum atomic E-state index is 11.9. The van der Waals surface area contributed by atoms with Gasteiger partial charge in [0.15, 0.2) is 0 Å². The van der Waals surface area contributed by atoms with Crippen LogP contribution < -0.4 is 10.6 Å². The van der Waals surface area contributed by atoms with Gasteiger partial charge in [-0.2, -0.15) is 0 Å². The van der Waals surface area contributed by atoms with Gasteiger partial charge in [0, 0.05) is 11.8 Å². The Labute approximate surface area is 113 Å². The van der Waals surface area contributed by atoms with Crippen molar-refractivity contribution >= 4 is 17.7 Å². The smallest absolute Gasteiger partial charge is 0.226 e. The molecule has 1 aliphatic rings. The highest BCUT2D eigenvalue weighted by molar-refractivity contribution is 7.99. The van der Waals surface area contributed by atoms with Crippen LogP contribution in [0.15, 0.2) is 30.3 Å². The lowest BCUT2D eigenvalue weighted by molar-refractivity contribution is -0.128. The molecule has 2 rings (SSSR count). The lowest BCUT2D eigenvalue weighted by Gasteiger charge is -2.34. The summed E-state index contributed by atoms with van der Waals surface area (Å²) < 4.78 is 0.